The van der Waals surface area contributed by atoms with Crippen molar-refractivity contribution in [1.82, 2.24) is 9.97 Å². The zero-order valence-corrected chi connectivity index (χ0v) is 19.8. The number of hydrogen-bond acceptors (Lipinski definition) is 4. The van der Waals surface area contributed by atoms with Crippen LogP contribution >= 0.6 is 23.2 Å². The zero-order valence-electron chi connectivity index (χ0n) is 18.3. The van der Waals surface area contributed by atoms with E-state index in [9.17, 15) is 4.79 Å². The molecule has 160 valence electrons. The number of hydrogen-bond donors (Lipinski definition) is 0. The van der Waals surface area contributed by atoms with Gasteiger partial charge < -0.3 is 4.74 Å². The second kappa shape index (κ2) is 6.43. The Morgan fingerprint density at radius 2 is 1.55 bits per heavy atom. The van der Waals surface area contributed by atoms with Gasteiger partial charge in [0.15, 0.2) is 0 Å². The van der Waals surface area contributed by atoms with Gasteiger partial charge in [0.25, 0.3) is 0 Å². The highest BCUT2D eigenvalue weighted by Gasteiger charge is 2.74. The van der Waals surface area contributed by atoms with Crippen LogP contribution in [0.5, 0.6) is 5.75 Å². The average Bonchev–Trinajstić information content (AvgIpc) is 2.99. The van der Waals surface area contributed by atoms with Crippen molar-refractivity contribution in [1.29, 1.82) is 0 Å². The number of carbonyl (C=O) groups excluding carboxylic acids is 1. The molecular weight excluding hydrogens is 431 g/mol. The van der Waals surface area contributed by atoms with Crippen LogP contribution in [0, 0.1) is 19.3 Å². The van der Waals surface area contributed by atoms with Crippen LogP contribution in [0.1, 0.15) is 56.1 Å². The van der Waals surface area contributed by atoms with Crippen LogP contribution in [0.25, 0.3) is 11.0 Å². The Labute approximate surface area is 191 Å². The first-order chi connectivity index (χ1) is 14.5. The monoisotopic (exact) mass is 454 g/mol. The molecular formula is C25H24Cl2N2O2. The normalized spacial score (nSPS) is 25.6. The molecule has 1 saturated carbocycles. The summed E-state index contributed by atoms with van der Waals surface area (Å²) in [6.45, 7) is 10.6. The van der Waals surface area contributed by atoms with E-state index in [1.54, 1.807) is 18.2 Å². The van der Waals surface area contributed by atoms with Gasteiger partial charge in [0, 0.05) is 10.4 Å². The maximum Gasteiger partial charge on any atom is 0.324 e. The minimum Gasteiger partial charge on any atom is -0.424 e. The third-order valence-electron chi connectivity index (χ3n) is 8.10. The van der Waals surface area contributed by atoms with Crippen LogP contribution in [0.4, 0.5) is 0 Å². The lowest BCUT2D eigenvalue weighted by molar-refractivity contribution is -0.145. The number of fused-ring (bicyclic) bond motifs is 6. The third kappa shape index (κ3) is 2.52. The first-order valence-electron chi connectivity index (χ1n) is 10.5. The molecule has 0 amide bonds. The smallest absolute Gasteiger partial charge is 0.324 e. The molecule has 31 heavy (non-hydrogen) atoms. The van der Waals surface area contributed by atoms with Crippen LogP contribution in [0.3, 0.4) is 0 Å². The molecule has 6 heteroatoms. The Balaban J connectivity index is 1.71. The predicted octanol–water partition coefficient (Wildman–Crippen LogP) is 6.49. The number of benzene rings is 2. The lowest BCUT2D eigenvalue weighted by atomic mass is 9.64. The standard InChI is InChI=1S/C25H24Cl2N2O2/c1-13-10-17-18(11-14(13)2)29-21-20(28-17)24(5)8-9-25(21,23(24,3)4)22(30)31-19-7-6-15(26)12-16(19)27/h6-7,10-12H,8-9H2,1-5H3. The number of aryl methyl sites for hydroxylation is 2. The molecule has 1 aromatic heterocycles. The molecule has 1 fully saturated rings. The quantitative estimate of drug-likeness (QED) is 0.328. The summed E-state index contributed by atoms with van der Waals surface area (Å²) in [4.78, 5) is 23.9. The average molecular weight is 455 g/mol. The van der Waals surface area contributed by atoms with Crippen molar-refractivity contribution < 1.29 is 9.53 Å². The molecule has 2 bridgehead atoms. The van der Waals surface area contributed by atoms with E-state index >= 15 is 0 Å². The van der Waals surface area contributed by atoms with Crippen molar-refractivity contribution in [3.63, 3.8) is 0 Å². The van der Waals surface area contributed by atoms with Gasteiger partial charge in [-0.15, -0.1) is 0 Å². The molecule has 2 aliphatic rings. The summed E-state index contributed by atoms with van der Waals surface area (Å²) in [5, 5.41) is 0.802. The number of carbonyl (C=O) groups is 1. The van der Waals surface area contributed by atoms with E-state index in [1.165, 1.54) is 5.56 Å². The highest BCUT2D eigenvalue weighted by atomic mass is 35.5. The van der Waals surface area contributed by atoms with Gasteiger partial charge in [-0.2, -0.15) is 0 Å². The van der Waals surface area contributed by atoms with Gasteiger partial charge in [0.05, 0.1) is 27.4 Å². The lowest BCUT2D eigenvalue weighted by Gasteiger charge is -2.38. The number of aromatic nitrogens is 2. The van der Waals surface area contributed by atoms with Crippen molar-refractivity contribution in [2.75, 3.05) is 0 Å². The zero-order chi connectivity index (χ0) is 22.3. The van der Waals surface area contributed by atoms with Crippen LogP contribution in [0.15, 0.2) is 30.3 Å². The molecule has 2 aliphatic carbocycles. The highest BCUT2D eigenvalue weighted by Crippen LogP contribution is 2.70. The fourth-order valence-corrected chi connectivity index (χ4v) is 6.00. The Morgan fingerprint density at radius 3 is 2.16 bits per heavy atom. The molecule has 4 nitrogen and oxygen atoms in total. The largest absolute Gasteiger partial charge is 0.424 e. The van der Waals surface area contributed by atoms with Crippen molar-refractivity contribution in [3.8, 4) is 5.75 Å². The Bertz CT molecular complexity index is 1290. The summed E-state index contributed by atoms with van der Waals surface area (Å²) in [5.41, 5.74) is 4.10. The number of ether oxygens (including phenoxy) is 1. The summed E-state index contributed by atoms with van der Waals surface area (Å²) in [7, 11) is 0. The summed E-state index contributed by atoms with van der Waals surface area (Å²) in [6, 6.07) is 9.01. The SMILES string of the molecule is Cc1cc2nc3c(nc2cc1C)C1(C(=O)Oc2ccc(Cl)cc2Cl)CCC3(C)C1(C)C. The molecule has 5 rings (SSSR count). The third-order valence-corrected chi connectivity index (χ3v) is 8.63. The molecule has 0 N–H and O–H groups in total. The number of rotatable bonds is 2. The first-order valence-corrected chi connectivity index (χ1v) is 11.2. The molecule has 2 atom stereocenters. The minimum absolute atomic E-state index is 0.273. The Morgan fingerprint density at radius 1 is 0.935 bits per heavy atom. The number of halogens is 2. The van der Waals surface area contributed by atoms with Gasteiger partial charge in [-0.1, -0.05) is 44.0 Å². The summed E-state index contributed by atoms with van der Waals surface area (Å²) in [6.07, 6.45) is 1.51. The minimum atomic E-state index is -0.889. The molecule has 2 unspecified atom stereocenters. The van der Waals surface area contributed by atoms with Gasteiger partial charge in [0.1, 0.15) is 11.2 Å². The molecule has 3 aromatic rings. The molecule has 2 aromatic carbocycles. The molecule has 1 heterocycles. The Kier molecular flexibility index (Phi) is 4.30. The van der Waals surface area contributed by atoms with Crippen LogP contribution in [0.2, 0.25) is 10.0 Å². The fourth-order valence-electron chi connectivity index (χ4n) is 5.56. The van der Waals surface area contributed by atoms with Crippen LogP contribution in [-0.4, -0.2) is 15.9 Å². The fraction of sp³-hybridized carbons (Fsp3) is 0.400. The lowest BCUT2D eigenvalue weighted by Crippen LogP contribution is -2.48. The highest BCUT2D eigenvalue weighted by molar-refractivity contribution is 6.35. The summed E-state index contributed by atoms with van der Waals surface area (Å²) >= 11 is 12.3. The van der Waals surface area contributed by atoms with Gasteiger partial charge in [-0.05, 0) is 73.6 Å². The predicted molar refractivity (Wildman–Crippen MR) is 123 cm³/mol. The van der Waals surface area contributed by atoms with Gasteiger partial charge in [-0.3, -0.25) is 4.79 Å². The first kappa shape index (κ1) is 20.7. The molecule has 0 saturated heterocycles. The van der Waals surface area contributed by atoms with E-state index in [-0.39, 0.29) is 11.4 Å². The second-order valence-corrected chi connectivity index (χ2v) is 10.5. The van der Waals surface area contributed by atoms with Crippen molar-refractivity contribution >= 4 is 40.2 Å². The molecule has 0 radical (unpaired) electrons. The van der Waals surface area contributed by atoms with Gasteiger partial charge in [0.2, 0.25) is 0 Å². The topological polar surface area (TPSA) is 52.1 Å². The maximum atomic E-state index is 13.8. The van der Waals surface area contributed by atoms with Crippen molar-refractivity contribution in [2.24, 2.45) is 5.41 Å². The van der Waals surface area contributed by atoms with Crippen molar-refractivity contribution in [3.05, 3.63) is 62.9 Å². The van der Waals surface area contributed by atoms with Crippen LogP contribution < -0.4 is 4.74 Å². The van der Waals surface area contributed by atoms with E-state index in [0.29, 0.717) is 22.2 Å². The van der Waals surface area contributed by atoms with Crippen molar-refractivity contribution in [2.45, 2.75) is 58.3 Å². The van der Waals surface area contributed by atoms with E-state index in [4.69, 9.17) is 37.9 Å². The van der Waals surface area contributed by atoms with E-state index in [1.807, 2.05) is 6.07 Å². The maximum absolute atomic E-state index is 13.8. The van der Waals surface area contributed by atoms with E-state index in [0.717, 1.165) is 34.4 Å². The van der Waals surface area contributed by atoms with E-state index in [2.05, 4.69) is 40.7 Å². The van der Waals surface area contributed by atoms with Crippen LogP contribution in [-0.2, 0) is 15.6 Å². The number of nitrogens with zero attached hydrogens (tertiary/aromatic N) is 2. The van der Waals surface area contributed by atoms with E-state index < -0.39 is 10.8 Å². The van der Waals surface area contributed by atoms with Gasteiger partial charge >= 0.3 is 5.97 Å². The second-order valence-electron chi connectivity index (χ2n) is 9.67. The van der Waals surface area contributed by atoms with Gasteiger partial charge in [-0.25, -0.2) is 9.97 Å². The summed E-state index contributed by atoms with van der Waals surface area (Å²) < 4.78 is 5.90. The summed E-state index contributed by atoms with van der Waals surface area (Å²) in [5.74, 6) is -0.0230. The number of esters is 1. The molecule has 0 aliphatic heterocycles. The Hall–Kier alpha value is -2.17. The molecule has 0 spiro atoms.